The second-order valence-corrected chi connectivity index (χ2v) is 5.96. The number of carbonyl (C=O) groups excluding carboxylic acids is 1. The molecule has 1 aromatic carbocycles. The first-order valence-electron chi connectivity index (χ1n) is 5.82. The fourth-order valence-electron chi connectivity index (χ4n) is 1.72. The number of nitrogens with two attached hydrogens (primary N) is 1. The molecule has 0 fully saturated rings. The zero-order chi connectivity index (χ0) is 15.6. The average Bonchev–Trinajstić information content (AvgIpc) is 2.41. The molecule has 0 aliphatic heterocycles. The molecule has 0 aliphatic rings. The highest BCUT2D eigenvalue weighted by molar-refractivity contribution is 9.10. The number of benzene rings is 1. The van der Waals surface area contributed by atoms with Crippen LogP contribution in [0.25, 0.3) is 0 Å². The van der Waals surface area contributed by atoms with Crippen molar-refractivity contribution in [2.24, 2.45) is 5.84 Å². The number of amides is 1. The molecule has 21 heavy (non-hydrogen) atoms. The number of nitrogens with zero attached hydrogens (tertiary/aromatic N) is 1. The molecular weight excluding hydrogens is 379 g/mol. The van der Waals surface area contributed by atoms with Gasteiger partial charge in [-0.1, -0.05) is 39.1 Å². The van der Waals surface area contributed by atoms with E-state index in [-0.39, 0.29) is 5.91 Å². The highest BCUT2D eigenvalue weighted by Gasteiger charge is 2.14. The van der Waals surface area contributed by atoms with Crippen LogP contribution in [0, 0.1) is 6.92 Å². The van der Waals surface area contributed by atoms with Gasteiger partial charge in [0, 0.05) is 15.7 Å². The van der Waals surface area contributed by atoms with E-state index in [1.165, 1.54) is 6.07 Å². The van der Waals surface area contributed by atoms with Gasteiger partial charge in [-0.15, -0.1) is 0 Å². The number of hydrogen-bond acceptors (Lipinski definition) is 4. The Bertz CT molecular complexity index is 686. The number of nitrogen functional groups attached to an aromatic ring is 1. The first-order chi connectivity index (χ1) is 9.90. The Morgan fingerprint density at radius 3 is 2.43 bits per heavy atom. The smallest absolute Gasteiger partial charge is 0.255 e. The maximum absolute atomic E-state index is 12.3. The Morgan fingerprint density at radius 2 is 1.86 bits per heavy atom. The number of aryl methyl sites for hydroxylation is 1. The van der Waals surface area contributed by atoms with E-state index >= 15 is 0 Å². The van der Waals surface area contributed by atoms with Gasteiger partial charge in [0.15, 0.2) is 0 Å². The van der Waals surface area contributed by atoms with E-state index in [1.807, 2.05) is 0 Å². The van der Waals surface area contributed by atoms with Gasteiger partial charge in [-0.05, 0) is 31.2 Å². The van der Waals surface area contributed by atoms with Gasteiger partial charge in [0.2, 0.25) is 0 Å². The molecule has 0 saturated carbocycles. The third kappa shape index (κ3) is 3.85. The van der Waals surface area contributed by atoms with Gasteiger partial charge in [-0.2, -0.15) is 0 Å². The average molecular weight is 390 g/mol. The molecule has 0 radical (unpaired) electrons. The predicted octanol–water partition coefficient (Wildman–Crippen LogP) is 4.00. The second kappa shape index (κ2) is 6.62. The number of nitrogens with one attached hydrogen (secondary N) is 2. The monoisotopic (exact) mass is 388 g/mol. The molecule has 5 nitrogen and oxygen atoms in total. The Labute approximate surface area is 139 Å². The number of carbonyl (C=O) groups is 1. The van der Waals surface area contributed by atoms with Crippen molar-refractivity contribution < 1.29 is 4.79 Å². The van der Waals surface area contributed by atoms with E-state index in [0.29, 0.717) is 32.8 Å². The summed E-state index contributed by atoms with van der Waals surface area (Å²) >= 11 is 15.4. The Morgan fingerprint density at radius 1 is 1.24 bits per heavy atom. The van der Waals surface area contributed by atoms with Crippen molar-refractivity contribution in [2.45, 2.75) is 6.92 Å². The summed E-state index contributed by atoms with van der Waals surface area (Å²) < 4.78 is 0.727. The lowest BCUT2D eigenvalue weighted by Gasteiger charge is -2.11. The first-order valence-corrected chi connectivity index (χ1v) is 7.37. The molecule has 0 aliphatic carbocycles. The zero-order valence-electron chi connectivity index (χ0n) is 10.9. The summed E-state index contributed by atoms with van der Waals surface area (Å²) in [6, 6.07) is 6.46. The van der Waals surface area contributed by atoms with E-state index in [9.17, 15) is 4.79 Å². The van der Waals surface area contributed by atoms with Crippen molar-refractivity contribution >= 4 is 56.5 Å². The minimum atomic E-state index is -0.358. The van der Waals surface area contributed by atoms with Crippen molar-refractivity contribution in [3.05, 3.63) is 50.0 Å². The van der Waals surface area contributed by atoms with Crippen molar-refractivity contribution in [1.29, 1.82) is 0 Å². The maximum Gasteiger partial charge on any atom is 0.255 e. The minimum absolute atomic E-state index is 0.339. The molecule has 0 saturated heterocycles. The fraction of sp³-hybridized carbons (Fsp3) is 0.0769. The van der Waals surface area contributed by atoms with Crippen molar-refractivity contribution in [3.63, 3.8) is 0 Å². The SMILES string of the molecule is Cc1cc(C(=O)Nc2c(Cl)cc(Br)cc2Cl)cc(NN)n1. The Balaban J connectivity index is 2.32. The third-order valence-electron chi connectivity index (χ3n) is 2.61. The van der Waals surface area contributed by atoms with Crippen LogP contribution >= 0.6 is 39.1 Å². The lowest BCUT2D eigenvalue weighted by molar-refractivity contribution is 0.102. The molecular formula is C13H11BrCl2N4O. The normalized spacial score (nSPS) is 10.3. The predicted molar refractivity (Wildman–Crippen MR) is 88.9 cm³/mol. The largest absolute Gasteiger partial charge is 0.319 e. The number of hydrazine groups is 1. The van der Waals surface area contributed by atoms with Gasteiger partial charge in [0.1, 0.15) is 5.82 Å². The fourth-order valence-corrected chi connectivity index (χ4v) is 3.02. The van der Waals surface area contributed by atoms with Crippen LogP contribution in [0.4, 0.5) is 11.5 Å². The van der Waals surface area contributed by atoms with Crippen LogP contribution in [0.5, 0.6) is 0 Å². The summed E-state index contributed by atoms with van der Waals surface area (Å²) in [4.78, 5) is 16.4. The van der Waals surface area contributed by atoms with E-state index in [0.717, 1.165) is 4.47 Å². The van der Waals surface area contributed by atoms with Crippen LogP contribution in [0.1, 0.15) is 16.1 Å². The van der Waals surface area contributed by atoms with Gasteiger partial charge in [-0.25, -0.2) is 10.8 Å². The van der Waals surface area contributed by atoms with E-state index in [4.69, 9.17) is 29.0 Å². The van der Waals surface area contributed by atoms with Crippen molar-refractivity contribution in [2.75, 3.05) is 10.7 Å². The van der Waals surface area contributed by atoms with Gasteiger partial charge >= 0.3 is 0 Å². The van der Waals surface area contributed by atoms with Gasteiger partial charge in [0.25, 0.3) is 5.91 Å². The first kappa shape index (κ1) is 16.0. The number of pyridine rings is 1. The Hall–Kier alpha value is -1.34. The van der Waals surface area contributed by atoms with Gasteiger partial charge in [0.05, 0.1) is 15.7 Å². The molecule has 110 valence electrons. The summed E-state index contributed by atoms with van der Waals surface area (Å²) in [5, 5.41) is 3.36. The molecule has 4 N–H and O–H groups in total. The lowest BCUT2D eigenvalue weighted by Crippen LogP contribution is -2.15. The minimum Gasteiger partial charge on any atom is -0.319 e. The molecule has 8 heteroatoms. The number of anilines is 2. The van der Waals surface area contributed by atoms with Crippen LogP contribution in [0.15, 0.2) is 28.7 Å². The second-order valence-electron chi connectivity index (χ2n) is 4.23. The highest BCUT2D eigenvalue weighted by atomic mass is 79.9. The van der Waals surface area contributed by atoms with Crippen LogP contribution in [-0.4, -0.2) is 10.9 Å². The Kier molecular flexibility index (Phi) is 5.05. The quantitative estimate of drug-likeness (QED) is 0.547. The van der Waals surface area contributed by atoms with Crippen LogP contribution in [0.2, 0.25) is 10.0 Å². The molecule has 1 amide bonds. The standard InChI is InChI=1S/C13H11BrCl2N4O/c1-6-2-7(3-11(18-6)20-17)13(21)19-12-9(15)4-8(14)5-10(12)16/h2-5H,17H2,1H3,(H,18,20)(H,19,21). The van der Waals surface area contributed by atoms with Crippen LogP contribution < -0.4 is 16.6 Å². The lowest BCUT2D eigenvalue weighted by atomic mass is 10.2. The van der Waals surface area contributed by atoms with E-state index in [1.54, 1.807) is 25.1 Å². The summed E-state index contributed by atoms with van der Waals surface area (Å²) in [5.41, 5.74) is 3.81. The summed E-state index contributed by atoms with van der Waals surface area (Å²) in [6.07, 6.45) is 0. The zero-order valence-corrected chi connectivity index (χ0v) is 14.0. The molecule has 0 bridgehead atoms. The number of hydrogen-bond donors (Lipinski definition) is 3. The summed E-state index contributed by atoms with van der Waals surface area (Å²) in [6.45, 7) is 1.76. The van der Waals surface area contributed by atoms with Gasteiger partial charge in [-0.3, -0.25) is 4.79 Å². The molecule has 1 aromatic heterocycles. The highest BCUT2D eigenvalue weighted by Crippen LogP contribution is 2.34. The van der Waals surface area contributed by atoms with Crippen LogP contribution in [0.3, 0.4) is 0 Å². The van der Waals surface area contributed by atoms with Crippen molar-refractivity contribution in [3.8, 4) is 0 Å². The number of aromatic nitrogens is 1. The summed E-state index contributed by atoms with van der Waals surface area (Å²) in [7, 11) is 0. The molecule has 2 rings (SSSR count). The maximum atomic E-state index is 12.3. The molecule has 0 spiro atoms. The topological polar surface area (TPSA) is 80.0 Å². The van der Waals surface area contributed by atoms with Crippen LogP contribution in [-0.2, 0) is 0 Å². The summed E-state index contributed by atoms with van der Waals surface area (Å²) in [5.74, 6) is 5.35. The third-order valence-corrected chi connectivity index (χ3v) is 3.66. The molecule has 0 atom stereocenters. The van der Waals surface area contributed by atoms with Gasteiger partial charge < -0.3 is 10.7 Å². The van der Waals surface area contributed by atoms with E-state index in [2.05, 4.69) is 31.7 Å². The molecule has 0 unspecified atom stereocenters. The molecule has 1 heterocycles. The molecule has 2 aromatic rings. The van der Waals surface area contributed by atoms with E-state index < -0.39 is 0 Å². The number of halogens is 3. The van der Waals surface area contributed by atoms with Crippen molar-refractivity contribution in [1.82, 2.24) is 4.98 Å². The number of rotatable bonds is 3.